The van der Waals surface area contributed by atoms with E-state index in [0.29, 0.717) is 5.56 Å². The Labute approximate surface area is 152 Å². The topological polar surface area (TPSA) is 22.1 Å². The molecule has 0 unspecified atom stereocenters. The summed E-state index contributed by atoms with van der Waals surface area (Å²) in [6, 6.07) is 17.9. The SMILES string of the molecule is CCCCCOc1ccc(-c2ccc(-c3ccc(F)nc3F)cc2)cc1. The molecule has 2 nitrogen and oxygen atoms in total. The molecular weight excluding hydrogens is 332 g/mol. The fraction of sp³-hybridized carbons (Fsp3) is 0.227. The average Bonchev–Trinajstić information content (AvgIpc) is 2.66. The van der Waals surface area contributed by atoms with E-state index in [-0.39, 0.29) is 5.56 Å². The Morgan fingerprint density at radius 2 is 1.38 bits per heavy atom. The quantitative estimate of drug-likeness (QED) is 0.369. The fourth-order valence-corrected chi connectivity index (χ4v) is 2.76. The third kappa shape index (κ3) is 4.45. The highest BCUT2D eigenvalue weighted by Gasteiger charge is 2.08. The van der Waals surface area contributed by atoms with Crippen LogP contribution in [0.1, 0.15) is 26.2 Å². The van der Waals surface area contributed by atoms with Gasteiger partial charge < -0.3 is 4.74 Å². The maximum absolute atomic E-state index is 13.8. The van der Waals surface area contributed by atoms with Crippen LogP contribution in [0.5, 0.6) is 5.75 Å². The van der Waals surface area contributed by atoms with Crippen LogP contribution < -0.4 is 4.74 Å². The molecule has 1 heterocycles. The van der Waals surface area contributed by atoms with E-state index in [1.165, 1.54) is 18.9 Å². The van der Waals surface area contributed by atoms with Crippen molar-refractivity contribution in [2.75, 3.05) is 6.61 Å². The number of hydrogen-bond acceptors (Lipinski definition) is 2. The van der Waals surface area contributed by atoms with Gasteiger partial charge in [0, 0.05) is 5.56 Å². The highest BCUT2D eigenvalue weighted by atomic mass is 19.1. The van der Waals surface area contributed by atoms with Crippen LogP contribution in [0, 0.1) is 11.9 Å². The zero-order chi connectivity index (χ0) is 18.4. The monoisotopic (exact) mass is 353 g/mol. The summed E-state index contributed by atoms with van der Waals surface area (Å²) in [7, 11) is 0. The molecule has 26 heavy (non-hydrogen) atoms. The van der Waals surface area contributed by atoms with E-state index in [2.05, 4.69) is 11.9 Å². The summed E-state index contributed by atoms with van der Waals surface area (Å²) in [4.78, 5) is 3.23. The van der Waals surface area contributed by atoms with Gasteiger partial charge in [-0.1, -0.05) is 56.2 Å². The molecule has 0 fully saturated rings. The number of halogens is 2. The molecule has 0 saturated heterocycles. The normalized spacial score (nSPS) is 10.7. The Morgan fingerprint density at radius 3 is 2.00 bits per heavy atom. The summed E-state index contributed by atoms with van der Waals surface area (Å²) in [6.07, 6.45) is 3.42. The Kier molecular flexibility index (Phi) is 5.95. The van der Waals surface area contributed by atoms with Crippen LogP contribution in [0.25, 0.3) is 22.3 Å². The van der Waals surface area contributed by atoms with Crippen LogP contribution in [0.3, 0.4) is 0 Å². The molecule has 4 heteroatoms. The van der Waals surface area contributed by atoms with E-state index in [4.69, 9.17) is 4.74 Å². The van der Waals surface area contributed by atoms with Gasteiger partial charge in [-0.15, -0.1) is 0 Å². The fourth-order valence-electron chi connectivity index (χ4n) is 2.76. The lowest BCUT2D eigenvalue weighted by Gasteiger charge is -2.08. The molecule has 3 aromatic rings. The van der Waals surface area contributed by atoms with Gasteiger partial charge in [0.05, 0.1) is 6.61 Å². The van der Waals surface area contributed by atoms with Crippen LogP contribution in [-0.4, -0.2) is 11.6 Å². The second-order valence-corrected chi connectivity index (χ2v) is 6.13. The van der Waals surface area contributed by atoms with Crippen molar-refractivity contribution in [1.29, 1.82) is 0 Å². The van der Waals surface area contributed by atoms with E-state index in [1.807, 2.05) is 48.5 Å². The Hall–Kier alpha value is -2.75. The van der Waals surface area contributed by atoms with Crippen molar-refractivity contribution in [3.63, 3.8) is 0 Å². The van der Waals surface area contributed by atoms with Crippen molar-refractivity contribution in [3.8, 4) is 28.0 Å². The number of aromatic nitrogens is 1. The van der Waals surface area contributed by atoms with Gasteiger partial charge in [0.15, 0.2) is 0 Å². The molecule has 1 aromatic heterocycles. The summed E-state index contributed by atoms with van der Waals surface area (Å²) in [5.74, 6) is -0.761. The van der Waals surface area contributed by atoms with Gasteiger partial charge in [0.25, 0.3) is 0 Å². The van der Waals surface area contributed by atoms with Crippen molar-refractivity contribution < 1.29 is 13.5 Å². The number of benzene rings is 2. The van der Waals surface area contributed by atoms with E-state index < -0.39 is 11.9 Å². The van der Waals surface area contributed by atoms with Crippen LogP contribution in [0.4, 0.5) is 8.78 Å². The smallest absolute Gasteiger partial charge is 0.223 e. The first-order chi connectivity index (χ1) is 12.7. The third-order valence-corrected chi connectivity index (χ3v) is 4.21. The standard InChI is InChI=1S/C22H21F2NO/c1-2-3-4-15-26-19-11-9-17(10-12-19)16-5-7-18(8-6-16)20-13-14-21(23)25-22(20)24/h5-14H,2-4,15H2,1H3. The molecule has 0 bridgehead atoms. The number of nitrogens with zero attached hydrogens (tertiary/aromatic N) is 1. The molecule has 0 N–H and O–H groups in total. The number of unbranched alkanes of at least 4 members (excludes halogenated alkanes) is 2. The summed E-state index contributed by atoms with van der Waals surface area (Å²) >= 11 is 0. The summed E-state index contributed by atoms with van der Waals surface area (Å²) in [6.45, 7) is 2.90. The minimum Gasteiger partial charge on any atom is -0.494 e. The predicted octanol–water partition coefficient (Wildman–Crippen LogP) is 6.26. The predicted molar refractivity (Wildman–Crippen MR) is 100 cm³/mol. The zero-order valence-corrected chi connectivity index (χ0v) is 14.7. The Balaban J connectivity index is 1.70. The largest absolute Gasteiger partial charge is 0.494 e. The molecule has 0 aliphatic rings. The molecular formula is C22H21F2NO. The van der Waals surface area contributed by atoms with Crippen molar-refractivity contribution in [3.05, 3.63) is 72.6 Å². The first-order valence-electron chi connectivity index (χ1n) is 8.83. The first kappa shape index (κ1) is 18.1. The van der Waals surface area contributed by atoms with Gasteiger partial charge in [-0.25, -0.2) is 0 Å². The van der Waals surface area contributed by atoms with Gasteiger partial charge in [0.2, 0.25) is 11.9 Å². The molecule has 0 aliphatic carbocycles. The zero-order valence-electron chi connectivity index (χ0n) is 14.7. The van der Waals surface area contributed by atoms with E-state index in [1.54, 1.807) is 0 Å². The van der Waals surface area contributed by atoms with E-state index in [0.717, 1.165) is 36.0 Å². The van der Waals surface area contributed by atoms with Crippen LogP contribution >= 0.6 is 0 Å². The first-order valence-corrected chi connectivity index (χ1v) is 8.83. The molecule has 3 rings (SSSR count). The van der Waals surface area contributed by atoms with Crippen LogP contribution in [0.15, 0.2) is 60.7 Å². The highest BCUT2D eigenvalue weighted by Crippen LogP contribution is 2.27. The second-order valence-electron chi connectivity index (χ2n) is 6.13. The van der Waals surface area contributed by atoms with Gasteiger partial charge in [-0.3, -0.25) is 0 Å². The minimum absolute atomic E-state index is 0.286. The van der Waals surface area contributed by atoms with E-state index in [9.17, 15) is 8.78 Å². The lowest BCUT2D eigenvalue weighted by atomic mass is 10.0. The number of rotatable bonds is 7. The molecule has 0 aliphatic heterocycles. The highest BCUT2D eigenvalue weighted by molar-refractivity contribution is 5.70. The van der Waals surface area contributed by atoms with Gasteiger partial charge in [-0.2, -0.15) is 13.8 Å². The minimum atomic E-state index is -0.820. The van der Waals surface area contributed by atoms with Crippen molar-refractivity contribution >= 4 is 0 Å². The van der Waals surface area contributed by atoms with Crippen LogP contribution in [-0.2, 0) is 0 Å². The maximum atomic E-state index is 13.8. The molecule has 0 saturated carbocycles. The lowest BCUT2D eigenvalue weighted by molar-refractivity contribution is 0.306. The van der Waals surface area contributed by atoms with E-state index >= 15 is 0 Å². The van der Waals surface area contributed by atoms with Crippen molar-refractivity contribution in [2.24, 2.45) is 0 Å². The summed E-state index contributed by atoms with van der Waals surface area (Å²) in [5.41, 5.74) is 3.01. The maximum Gasteiger partial charge on any atom is 0.223 e. The number of hydrogen-bond donors (Lipinski definition) is 0. The molecule has 134 valence electrons. The van der Waals surface area contributed by atoms with Crippen molar-refractivity contribution in [2.45, 2.75) is 26.2 Å². The molecule has 0 amide bonds. The van der Waals surface area contributed by atoms with Gasteiger partial charge >= 0.3 is 0 Å². The van der Waals surface area contributed by atoms with Crippen LogP contribution in [0.2, 0.25) is 0 Å². The molecule has 0 atom stereocenters. The number of pyridine rings is 1. The third-order valence-electron chi connectivity index (χ3n) is 4.21. The van der Waals surface area contributed by atoms with Gasteiger partial charge in [0.1, 0.15) is 5.75 Å². The molecule has 0 spiro atoms. The van der Waals surface area contributed by atoms with Crippen molar-refractivity contribution in [1.82, 2.24) is 4.98 Å². The molecule has 0 radical (unpaired) electrons. The Morgan fingerprint density at radius 1 is 0.769 bits per heavy atom. The number of ether oxygens (including phenoxy) is 1. The molecule has 2 aromatic carbocycles. The second kappa shape index (κ2) is 8.56. The lowest BCUT2D eigenvalue weighted by Crippen LogP contribution is -1.96. The average molecular weight is 353 g/mol. The summed E-state index contributed by atoms with van der Waals surface area (Å²) in [5, 5.41) is 0. The van der Waals surface area contributed by atoms with Gasteiger partial charge in [-0.05, 0) is 47.4 Å². The Bertz CT molecular complexity index is 845. The summed E-state index contributed by atoms with van der Waals surface area (Å²) < 4.78 is 32.4.